The molecule has 16 heteroatoms. The minimum atomic E-state index is -4.96. The van der Waals surface area contributed by atoms with Crippen LogP contribution in [0.15, 0.2) is 42.9 Å². The van der Waals surface area contributed by atoms with Crippen LogP contribution in [0, 0.1) is 0 Å². The van der Waals surface area contributed by atoms with Gasteiger partial charge >= 0.3 is 6.18 Å². The van der Waals surface area contributed by atoms with Gasteiger partial charge in [-0.25, -0.2) is 15.0 Å². The number of alkyl halides is 3. The fraction of sp³-hybridized carbons (Fsp3) is 0.250. The van der Waals surface area contributed by atoms with Gasteiger partial charge in [-0.15, -0.1) is 0 Å². The molecule has 0 spiro atoms. The molecule has 3 rings (SSSR count). The zero-order valence-electron chi connectivity index (χ0n) is 19.0. The van der Waals surface area contributed by atoms with E-state index in [0.29, 0.717) is 17.4 Å². The Kier molecular flexibility index (Phi) is 7.83. The lowest BCUT2D eigenvalue weighted by Crippen LogP contribution is -2.40. The number of rotatable bonds is 8. The van der Waals surface area contributed by atoms with Gasteiger partial charge in [0.25, 0.3) is 11.8 Å². The molecule has 1 aromatic carbocycles. The lowest BCUT2D eigenvalue weighted by molar-refractivity contribution is -0.149. The highest BCUT2D eigenvalue weighted by Crippen LogP contribution is 2.36. The molecular formula is C20H21F3N8O4S. The molecule has 0 saturated carbocycles. The minimum absolute atomic E-state index is 0.256. The maximum absolute atomic E-state index is 13.6. The van der Waals surface area contributed by atoms with Crippen LogP contribution in [0.3, 0.4) is 0 Å². The molecule has 1 unspecified atom stereocenters. The van der Waals surface area contributed by atoms with Crippen molar-refractivity contribution in [3.8, 4) is 0 Å². The highest BCUT2D eigenvalue weighted by Gasteiger charge is 2.40. The molecule has 12 nitrogen and oxygen atoms in total. The molecule has 2 aromatic heterocycles. The molecule has 5 N–H and O–H groups in total. The Labute approximate surface area is 205 Å². The van der Waals surface area contributed by atoms with Crippen molar-refractivity contribution in [3.05, 3.63) is 59.7 Å². The molecule has 1 atom stereocenters. The Balaban J connectivity index is 1.97. The van der Waals surface area contributed by atoms with E-state index in [4.69, 9.17) is 0 Å². The van der Waals surface area contributed by atoms with Crippen molar-refractivity contribution >= 4 is 40.5 Å². The molecule has 0 radical (unpaired) electrons. The van der Waals surface area contributed by atoms with Gasteiger partial charge in [-0.3, -0.25) is 4.79 Å². The number of hydrogen-bond donors (Lipinski definition) is 5. The van der Waals surface area contributed by atoms with E-state index in [0.717, 1.165) is 10.5 Å². The zero-order chi connectivity index (χ0) is 26.7. The average molecular weight is 527 g/mol. The van der Waals surface area contributed by atoms with Crippen LogP contribution in [-0.2, 0) is 23.4 Å². The molecule has 0 bridgehead atoms. The van der Waals surface area contributed by atoms with Gasteiger partial charge < -0.3 is 30.7 Å². The number of aliphatic hydroxyl groups is 2. The first-order chi connectivity index (χ1) is 16.8. The van der Waals surface area contributed by atoms with Crippen molar-refractivity contribution in [2.45, 2.75) is 12.1 Å². The van der Waals surface area contributed by atoms with Gasteiger partial charge in [0.1, 0.15) is 17.6 Å². The van der Waals surface area contributed by atoms with E-state index in [-0.39, 0.29) is 17.7 Å². The van der Waals surface area contributed by atoms with E-state index in [1.807, 2.05) is 5.32 Å². The number of amides is 1. The third-order valence-corrected chi connectivity index (χ3v) is 5.65. The lowest BCUT2D eigenvalue weighted by Gasteiger charge is -2.28. The number of aromatic nitrogens is 4. The topological polar surface area (TPSA) is 171 Å². The van der Waals surface area contributed by atoms with E-state index in [9.17, 15) is 32.7 Å². The first-order valence-corrected chi connectivity index (χ1v) is 11.5. The number of anilines is 4. The highest BCUT2D eigenvalue weighted by molar-refractivity contribution is 7.92. The summed E-state index contributed by atoms with van der Waals surface area (Å²) in [5, 5.41) is 28.4. The summed E-state index contributed by atoms with van der Waals surface area (Å²) < 4.78 is 53.8. The second-order valence-electron chi connectivity index (χ2n) is 7.18. The standard InChI is InChI=1S/C20H21F3N8O4S/c1-24-17(32)11-4-6-12(7-5-11)28-18-27-10-13(19(21,22)23)15(29-18)30-20(33,34)14-16(26-9-8-25-14)31(2)36(3)35/h4-10,33-34H,1-3H3,(H,24,32)(H2,27,28,29,30). The summed E-state index contributed by atoms with van der Waals surface area (Å²) in [6.45, 7) is 0. The first kappa shape index (κ1) is 26.9. The van der Waals surface area contributed by atoms with Crippen LogP contribution < -0.4 is 20.3 Å². The fourth-order valence-electron chi connectivity index (χ4n) is 2.88. The molecule has 0 aliphatic heterocycles. The summed E-state index contributed by atoms with van der Waals surface area (Å²) in [6, 6.07) is 5.91. The van der Waals surface area contributed by atoms with Crippen LogP contribution in [-0.4, -0.2) is 61.0 Å². The monoisotopic (exact) mass is 526 g/mol. The third-order valence-electron chi connectivity index (χ3n) is 4.71. The molecule has 0 saturated heterocycles. The Bertz CT molecular complexity index is 1230. The summed E-state index contributed by atoms with van der Waals surface area (Å²) >= 11 is -1.66. The summed E-state index contributed by atoms with van der Waals surface area (Å²) in [4.78, 5) is 26.7. The Morgan fingerprint density at radius 3 is 2.33 bits per heavy atom. The van der Waals surface area contributed by atoms with Crippen LogP contribution in [0.2, 0.25) is 0 Å². The smallest absolute Gasteiger partial charge is 0.421 e. The summed E-state index contributed by atoms with van der Waals surface area (Å²) in [6.07, 6.45) is -0.958. The predicted octanol–water partition coefficient (Wildman–Crippen LogP) is 1.33. The van der Waals surface area contributed by atoms with Crippen molar-refractivity contribution in [1.82, 2.24) is 25.3 Å². The molecule has 0 fully saturated rings. The van der Waals surface area contributed by atoms with Crippen molar-refractivity contribution in [1.29, 1.82) is 0 Å². The van der Waals surface area contributed by atoms with Gasteiger partial charge in [-0.1, -0.05) is 0 Å². The van der Waals surface area contributed by atoms with E-state index in [2.05, 4.69) is 30.6 Å². The Morgan fingerprint density at radius 2 is 1.75 bits per heavy atom. The summed E-state index contributed by atoms with van der Waals surface area (Å²) in [7, 11) is 2.79. The molecule has 0 aliphatic carbocycles. The highest BCUT2D eigenvalue weighted by atomic mass is 32.2. The zero-order valence-corrected chi connectivity index (χ0v) is 19.8. The average Bonchev–Trinajstić information content (AvgIpc) is 2.82. The molecule has 0 aliphatic rings. The molecule has 2 heterocycles. The lowest BCUT2D eigenvalue weighted by atomic mass is 10.2. The van der Waals surface area contributed by atoms with E-state index in [1.165, 1.54) is 50.8 Å². The number of halogens is 3. The van der Waals surface area contributed by atoms with Gasteiger partial charge in [0.05, 0.1) is 18.4 Å². The third kappa shape index (κ3) is 6.09. The number of nitrogens with one attached hydrogen (secondary N) is 3. The first-order valence-electron chi connectivity index (χ1n) is 9.98. The number of hydrogen-bond acceptors (Lipinski definition) is 11. The van der Waals surface area contributed by atoms with Gasteiger partial charge in [0, 0.05) is 36.9 Å². The molecule has 36 heavy (non-hydrogen) atoms. The Hall–Kier alpha value is -3.73. The van der Waals surface area contributed by atoms with Crippen LogP contribution in [0.1, 0.15) is 21.6 Å². The van der Waals surface area contributed by atoms with Crippen molar-refractivity contribution < 1.29 is 32.7 Å². The largest absolute Gasteiger partial charge is 0.593 e. The molecule has 3 aromatic rings. The Morgan fingerprint density at radius 1 is 1.11 bits per heavy atom. The predicted molar refractivity (Wildman–Crippen MR) is 124 cm³/mol. The van der Waals surface area contributed by atoms with Gasteiger partial charge in [-0.2, -0.15) is 22.5 Å². The van der Waals surface area contributed by atoms with Crippen molar-refractivity contribution in [2.75, 3.05) is 35.3 Å². The van der Waals surface area contributed by atoms with Gasteiger partial charge in [-0.05, 0) is 24.3 Å². The summed E-state index contributed by atoms with van der Waals surface area (Å²) in [5.41, 5.74) is -1.32. The number of carbonyl (C=O) groups is 1. The van der Waals surface area contributed by atoms with Gasteiger partial charge in [0.15, 0.2) is 5.69 Å². The number of benzene rings is 1. The van der Waals surface area contributed by atoms with Crippen molar-refractivity contribution in [3.63, 3.8) is 0 Å². The van der Waals surface area contributed by atoms with E-state index >= 15 is 0 Å². The SMILES string of the molecule is CNC(=O)c1ccc(Nc2ncc(C(F)(F)F)c(NC(O)(O)c3nccnc3N(C)[S+](C)[O-])n2)cc1. The van der Waals surface area contributed by atoms with Crippen molar-refractivity contribution in [2.24, 2.45) is 0 Å². The van der Waals surface area contributed by atoms with Crippen LogP contribution in [0.25, 0.3) is 0 Å². The normalized spacial score (nSPS) is 12.6. The molecule has 192 valence electrons. The second kappa shape index (κ2) is 10.5. The number of carbonyl (C=O) groups excluding carboxylic acids is 1. The van der Waals surface area contributed by atoms with Crippen LogP contribution in [0.5, 0.6) is 0 Å². The van der Waals surface area contributed by atoms with Crippen LogP contribution >= 0.6 is 0 Å². The van der Waals surface area contributed by atoms with Gasteiger partial charge in [0.2, 0.25) is 11.8 Å². The van der Waals surface area contributed by atoms with E-state index in [1.54, 1.807) is 0 Å². The fourth-order valence-corrected chi connectivity index (χ4v) is 3.25. The van der Waals surface area contributed by atoms with E-state index < -0.39 is 40.5 Å². The number of nitrogens with zero attached hydrogens (tertiary/aromatic N) is 5. The maximum Gasteiger partial charge on any atom is 0.421 e. The maximum atomic E-state index is 13.6. The molecule has 1 amide bonds. The second-order valence-corrected chi connectivity index (χ2v) is 8.58. The minimum Gasteiger partial charge on any atom is -0.593 e. The quantitative estimate of drug-likeness (QED) is 0.212. The summed E-state index contributed by atoms with van der Waals surface area (Å²) in [5.74, 6) is -5.10. The molecular weight excluding hydrogens is 505 g/mol. The van der Waals surface area contributed by atoms with Crippen LogP contribution in [0.4, 0.5) is 36.4 Å².